The quantitative estimate of drug-likeness (QED) is 0.704. The van der Waals surface area contributed by atoms with Crippen molar-refractivity contribution in [1.29, 1.82) is 0 Å². The molecule has 1 atom stereocenters. The van der Waals surface area contributed by atoms with Crippen LogP contribution in [0.3, 0.4) is 0 Å². The lowest BCUT2D eigenvalue weighted by atomic mass is 10.1. The first-order valence-electron chi connectivity index (χ1n) is 6.53. The van der Waals surface area contributed by atoms with Crippen molar-refractivity contribution in [3.63, 3.8) is 0 Å². The maximum Gasteiger partial charge on any atom is 0.150 e. The maximum absolute atomic E-state index is 5.99. The van der Waals surface area contributed by atoms with Crippen molar-refractivity contribution in [3.8, 4) is 23.3 Å². The Morgan fingerprint density at radius 2 is 1.80 bits per heavy atom. The highest BCUT2D eigenvalue weighted by Gasteiger charge is 2.20. The molecular formula is C18H15NO. The van der Waals surface area contributed by atoms with Crippen LogP contribution in [0.1, 0.15) is 18.5 Å². The maximum atomic E-state index is 5.99. The Balaban J connectivity index is 2.11. The van der Waals surface area contributed by atoms with Crippen LogP contribution in [0.4, 0.5) is 5.69 Å². The lowest BCUT2D eigenvalue weighted by Gasteiger charge is -2.12. The second-order valence-corrected chi connectivity index (χ2v) is 4.76. The highest BCUT2D eigenvalue weighted by atomic mass is 16.5. The predicted octanol–water partition coefficient (Wildman–Crippen LogP) is 4.53. The topological polar surface area (TPSA) is 21.3 Å². The molecule has 0 saturated heterocycles. The first-order valence-corrected chi connectivity index (χ1v) is 6.53. The fraction of sp³-hybridized carbons (Fsp3) is 0.111. The van der Waals surface area contributed by atoms with Crippen molar-refractivity contribution < 1.29 is 4.74 Å². The van der Waals surface area contributed by atoms with Crippen LogP contribution >= 0.6 is 0 Å². The Morgan fingerprint density at radius 1 is 1.10 bits per heavy atom. The van der Waals surface area contributed by atoms with E-state index in [4.69, 9.17) is 4.74 Å². The van der Waals surface area contributed by atoms with Crippen molar-refractivity contribution in [3.05, 3.63) is 66.2 Å². The average molecular weight is 261 g/mol. The molecule has 0 aliphatic carbocycles. The smallest absolute Gasteiger partial charge is 0.150 e. The van der Waals surface area contributed by atoms with Crippen molar-refractivity contribution in [2.75, 3.05) is 5.32 Å². The molecule has 1 aliphatic rings. The van der Waals surface area contributed by atoms with E-state index in [2.05, 4.69) is 23.7 Å². The standard InChI is InChI=1S/C18H15NO/c1-13(2)11-12-15-14-7-3-5-9-17(14)20-18-10-6-4-8-16(18)19-15/h3-10,15,19H,1H2,2H3/t15-/m1/s1. The van der Waals surface area contributed by atoms with E-state index in [0.29, 0.717) is 0 Å². The fourth-order valence-corrected chi connectivity index (χ4v) is 2.15. The zero-order chi connectivity index (χ0) is 13.9. The molecule has 0 bridgehead atoms. The van der Waals surface area contributed by atoms with Gasteiger partial charge in [-0.25, -0.2) is 0 Å². The first-order chi connectivity index (χ1) is 9.74. The molecule has 2 heteroatoms. The van der Waals surface area contributed by atoms with Gasteiger partial charge in [-0.1, -0.05) is 48.8 Å². The summed E-state index contributed by atoms with van der Waals surface area (Å²) in [6, 6.07) is 15.7. The molecule has 0 unspecified atom stereocenters. The zero-order valence-electron chi connectivity index (χ0n) is 11.3. The Bertz CT molecular complexity index is 721. The number of ether oxygens (including phenoxy) is 1. The van der Waals surface area contributed by atoms with E-state index in [1.807, 2.05) is 55.5 Å². The number of anilines is 1. The zero-order valence-corrected chi connectivity index (χ0v) is 11.3. The fourth-order valence-electron chi connectivity index (χ4n) is 2.15. The van der Waals surface area contributed by atoms with E-state index < -0.39 is 0 Å². The molecule has 0 saturated carbocycles. The van der Waals surface area contributed by atoms with Gasteiger partial charge in [0.25, 0.3) is 0 Å². The molecule has 0 fully saturated rings. The monoisotopic (exact) mass is 261 g/mol. The van der Waals surface area contributed by atoms with Gasteiger partial charge in [0.05, 0.1) is 5.69 Å². The van der Waals surface area contributed by atoms with E-state index >= 15 is 0 Å². The van der Waals surface area contributed by atoms with Gasteiger partial charge in [-0.15, -0.1) is 0 Å². The lowest BCUT2D eigenvalue weighted by molar-refractivity contribution is 0.483. The normalized spacial score (nSPS) is 15.3. The molecule has 1 aliphatic heterocycles. The van der Waals surface area contributed by atoms with Crippen LogP contribution in [0, 0.1) is 11.8 Å². The summed E-state index contributed by atoms with van der Waals surface area (Å²) in [5.74, 6) is 7.93. The molecule has 0 spiro atoms. The number of rotatable bonds is 0. The summed E-state index contributed by atoms with van der Waals surface area (Å²) >= 11 is 0. The molecule has 1 N–H and O–H groups in total. The second-order valence-electron chi connectivity index (χ2n) is 4.76. The van der Waals surface area contributed by atoms with Gasteiger partial charge in [-0.05, 0) is 30.7 Å². The van der Waals surface area contributed by atoms with Gasteiger partial charge in [0, 0.05) is 5.56 Å². The third kappa shape index (κ3) is 2.39. The van der Waals surface area contributed by atoms with Crippen LogP contribution in [0.25, 0.3) is 0 Å². The number of hydrogen-bond acceptors (Lipinski definition) is 2. The van der Waals surface area contributed by atoms with Gasteiger partial charge >= 0.3 is 0 Å². The molecule has 0 amide bonds. The predicted molar refractivity (Wildman–Crippen MR) is 81.9 cm³/mol. The Kier molecular flexibility index (Phi) is 3.18. The minimum Gasteiger partial charge on any atom is -0.455 e. The highest BCUT2D eigenvalue weighted by Crippen LogP contribution is 2.39. The molecule has 2 aromatic carbocycles. The van der Waals surface area contributed by atoms with Crippen molar-refractivity contribution in [1.82, 2.24) is 0 Å². The summed E-state index contributed by atoms with van der Waals surface area (Å²) in [5, 5.41) is 3.43. The molecule has 3 rings (SSSR count). The molecule has 1 heterocycles. The third-order valence-electron chi connectivity index (χ3n) is 3.07. The summed E-state index contributed by atoms with van der Waals surface area (Å²) < 4.78 is 5.99. The Hall–Kier alpha value is -2.66. The van der Waals surface area contributed by atoms with E-state index in [1.165, 1.54) is 0 Å². The first kappa shape index (κ1) is 12.4. The van der Waals surface area contributed by atoms with Crippen molar-refractivity contribution >= 4 is 5.69 Å². The van der Waals surface area contributed by atoms with Gasteiger partial charge < -0.3 is 10.1 Å². The molecule has 20 heavy (non-hydrogen) atoms. The Labute approximate surface area is 119 Å². The molecule has 0 radical (unpaired) electrons. The second kappa shape index (κ2) is 5.14. The highest BCUT2D eigenvalue weighted by molar-refractivity contribution is 5.63. The summed E-state index contributed by atoms with van der Waals surface area (Å²) in [6.07, 6.45) is 0. The van der Waals surface area contributed by atoms with Crippen LogP contribution in [0.5, 0.6) is 11.5 Å². The van der Waals surface area contributed by atoms with E-state index in [1.54, 1.807) is 0 Å². The van der Waals surface area contributed by atoms with Crippen LogP contribution in [0.15, 0.2) is 60.7 Å². The van der Waals surface area contributed by atoms with E-state index in [0.717, 1.165) is 28.3 Å². The summed E-state index contributed by atoms with van der Waals surface area (Å²) in [4.78, 5) is 0. The van der Waals surface area contributed by atoms with E-state index in [-0.39, 0.29) is 6.04 Å². The SMILES string of the molecule is C=C(C)C#C[C@H]1Nc2ccccc2Oc2ccccc21. The minimum absolute atomic E-state index is 0.105. The van der Waals surface area contributed by atoms with Gasteiger partial charge in [-0.3, -0.25) is 0 Å². The van der Waals surface area contributed by atoms with Crippen molar-refractivity contribution in [2.24, 2.45) is 0 Å². The van der Waals surface area contributed by atoms with Crippen LogP contribution in [-0.4, -0.2) is 0 Å². The number of allylic oxidation sites excluding steroid dienone is 1. The molecule has 2 aromatic rings. The van der Waals surface area contributed by atoms with Gasteiger partial charge in [0.2, 0.25) is 0 Å². The van der Waals surface area contributed by atoms with E-state index in [9.17, 15) is 0 Å². The third-order valence-corrected chi connectivity index (χ3v) is 3.07. The number of hydrogen-bond donors (Lipinski definition) is 1. The molecule has 2 nitrogen and oxygen atoms in total. The Morgan fingerprint density at radius 3 is 2.60 bits per heavy atom. The molecule has 0 aromatic heterocycles. The summed E-state index contributed by atoms with van der Waals surface area (Å²) in [6.45, 7) is 5.73. The van der Waals surface area contributed by atoms with Crippen molar-refractivity contribution in [2.45, 2.75) is 13.0 Å². The lowest BCUT2D eigenvalue weighted by Crippen LogP contribution is -2.07. The largest absolute Gasteiger partial charge is 0.455 e. The van der Waals surface area contributed by atoms with Gasteiger partial charge in [-0.2, -0.15) is 0 Å². The van der Waals surface area contributed by atoms with Crippen LogP contribution < -0.4 is 10.1 Å². The number of benzene rings is 2. The van der Waals surface area contributed by atoms with Crippen LogP contribution in [-0.2, 0) is 0 Å². The summed E-state index contributed by atoms with van der Waals surface area (Å²) in [7, 11) is 0. The number of nitrogens with one attached hydrogen (secondary N) is 1. The molecular weight excluding hydrogens is 246 g/mol. The average Bonchev–Trinajstić information content (AvgIpc) is 2.61. The van der Waals surface area contributed by atoms with Gasteiger partial charge in [0.15, 0.2) is 5.75 Å². The summed E-state index contributed by atoms with van der Waals surface area (Å²) in [5.41, 5.74) is 2.84. The number of fused-ring (bicyclic) bond motifs is 2. The van der Waals surface area contributed by atoms with Gasteiger partial charge in [0.1, 0.15) is 11.8 Å². The van der Waals surface area contributed by atoms with Crippen LogP contribution in [0.2, 0.25) is 0 Å². The molecule has 98 valence electrons. The number of para-hydroxylation sites is 3. The minimum atomic E-state index is -0.105.